The molecule has 14 nitrogen and oxygen atoms in total. The molecule has 0 saturated carbocycles. The van der Waals surface area contributed by atoms with Gasteiger partial charge in [-0.15, -0.1) is 11.3 Å². The maximum absolute atomic E-state index is 14.5. The van der Waals surface area contributed by atoms with Gasteiger partial charge in [-0.3, -0.25) is 20.0 Å². The van der Waals surface area contributed by atoms with Crippen molar-refractivity contribution in [3.8, 4) is 10.6 Å². The van der Waals surface area contributed by atoms with Gasteiger partial charge in [-0.2, -0.15) is 0 Å². The molecule has 4 aromatic rings. The van der Waals surface area contributed by atoms with Crippen molar-refractivity contribution in [2.24, 2.45) is 11.3 Å². The predicted octanol–water partition coefficient (Wildman–Crippen LogP) is 5.25. The van der Waals surface area contributed by atoms with Crippen molar-refractivity contribution in [3.63, 3.8) is 0 Å². The van der Waals surface area contributed by atoms with Crippen molar-refractivity contribution >= 4 is 35.3 Å². The third-order valence-electron chi connectivity index (χ3n) is 10.3. The Kier molecular flexibility index (Phi) is 15.3. The van der Waals surface area contributed by atoms with Crippen molar-refractivity contribution in [2.45, 2.75) is 84.8 Å². The minimum atomic E-state index is -1.18. The predicted molar refractivity (Wildman–Crippen MR) is 223 cm³/mol. The summed E-state index contributed by atoms with van der Waals surface area (Å²) in [5, 5.41) is 22.2. The Hall–Kier alpha value is -5.38. The van der Waals surface area contributed by atoms with Gasteiger partial charge in [-0.1, -0.05) is 102 Å². The number of benzene rings is 2. The number of carbonyl (C=O) groups excluding carboxylic acids is 4. The number of rotatable bonds is 18. The minimum absolute atomic E-state index is 0.0768. The number of hydrogen-bond acceptors (Lipinski definition) is 10. The Bertz CT molecular complexity index is 1940. The number of thiazole rings is 1. The number of methoxy groups -OCH3 is 1. The molecule has 58 heavy (non-hydrogen) atoms. The largest absolute Gasteiger partial charge is 0.453 e. The van der Waals surface area contributed by atoms with E-state index in [1.54, 1.807) is 27.2 Å². The van der Waals surface area contributed by atoms with E-state index >= 15 is 0 Å². The van der Waals surface area contributed by atoms with Crippen molar-refractivity contribution in [3.05, 3.63) is 107 Å². The molecular formula is C43H56N8O6S. The molecule has 1 fully saturated rings. The molecule has 5 rings (SSSR count). The number of hydrogen-bond donors (Lipinski definition) is 4. The summed E-state index contributed by atoms with van der Waals surface area (Å²) in [6.07, 6.45) is 2.46. The number of amides is 5. The molecule has 0 unspecified atom stereocenters. The van der Waals surface area contributed by atoms with Gasteiger partial charge in [-0.05, 0) is 41.0 Å². The third kappa shape index (κ3) is 11.8. The van der Waals surface area contributed by atoms with Gasteiger partial charge in [0.25, 0.3) is 5.91 Å². The molecule has 0 aliphatic carbocycles. The van der Waals surface area contributed by atoms with Crippen LogP contribution in [0.25, 0.3) is 10.6 Å². The molecule has 15 heteroatoms. The van der Waals surface area contributed by atoms with Crippen molar-refractivity contribution in [1.82, 2.24) is 40.8 Å². The summed E-state index contributed by atoms with van der Waals surface area (Å²) >= 11 is 1.49. The minimum Gasteiger partial charge on any atom is -0.453 e. The van der Waals surface area contributed by atoms with E-state index in [1.807, 2.05) is 113 Å². The summed E-state index contributed by atoms with van der Waals surface area (Å²) in [4.78, 5) is 66.9. The molecule has 0 bridgehead atoms. The fourth-order valence-electron chi connectivity index (χ4n) is 6.93. The van der Waals surface area contributed by atoms with Crippen molar-refractivity contribution in [2.75, 3.05) is 26.7 Å². The topological polar surface area (TPSA) is 169 Å². The molecule has 1 saturated heterocycles. The number of carbonyl (C=O) groups is 4. The fraction of sp³-hybridized carbons (Fsp3) is 0.442. The summed E-state index contributed by atoms with van der Waals surface area (Å²) in [6.45, 7) is 10.7. The number of nitrogens with zero attached hydrogens (tertiary/aromatic N) is 5. The van der Waals surface area contributed by atoms with Gasteiger partial charge in [0.05, 0.1) is 31.5 Å². The highest BCUT2D eigenvalue weighted by molar-refractivity contribution is 7.13. The van der Waals surface area contributed by atoms with Crippen LogP contribution in [0.15, 0.2) is 90.6 Å². The second-order valence-corrected chi connectivity index (χ2v) is 16.6. The van der Waals surface area contributed by atoms with Gasteiger partial charge in [0.2, 0.25) is 5.91 Å². The number of aliphatic hydroxyl groups excluding tert-OH is 1. The average Bonchev–Trinajstić information content (AvgIpc) is 3.83. The molecular weight excluding hydrogens is 757 g/mol. The number of aliphatic hydroxyl groups is 1. The Labute approximate surface area is 345 Å². The van der Waals surface area contributed by atoms with Gasteiger partial charge in [-0.25, -0.2) is 19.6 Å². The Balaban J connectivity index is 1.36. The lowest BCUT2D eigenvalue weighted by Crippen LogP contribution is -2.60. The van der Waals surface area contributed by atoms with Crippen LogP contribution >= 0.6 is 11.3 Å². The number of pyridine rings is 1. The zero-order chi connectivity index (χ0) is 41.8. The Morgan fingerprint density at radius 1 is 0.966 bits per heavy atom. The van der Waals surface area contributed by atoms with Crippen LogP contribution in [0.3, 0.4) is 0 Å². The van der Waals surface area contributed by atoms with E-state index in [0.29, 0.717) is 26.1 Å². The molecule has 5 atom stereocenters. The highest BCUT2D eigenvalue weighted by atomic mass is 32.1. The summed E-state index contributed by atoms with van der Waals surface area (Å²) < 4.78 is 4.80. The molecule has 4 N–H and O–H groups in total. The van der Waals surface area contributed by atoms with Crippen LogP contribution in [0.5, 0.6) is 0 Å². The van der Waals surface area contributed by atoms with Gasteiger partial charge in [0.1, 0.15) is 17.1 Å². The number of ether oxygens (including phenoxy) is 1. The second kappa shape index (κ2) is 20.4. The first kappa shape index (κ1) is 43.7. The van der Waals surface area contributed by atoms with Crippen molar-refractivity contribution in [1.29, 1.82) is 0 Å². The Morgan fingerprint density at radius 2 is 1.66 bits per heavy atom. The first-order valence-electron chi connectivity index (χ1n) is 19.6. The molecule has 1 aliphatic heterocycles. The van der Waals surface area contributed by atoms with Gasteiger partial charge >= 0.3 is 12.1 Å². The molecule has 2 aromatic carbocycles. The van der Waals surface area contributed by atoms with E-state index < -0.39 is 41.6 Å². The number of nitrogens with one attached hydrogen (secondary N) is 3. The van der Waals surface area contributed by atoms with Crippen LogP contribution in [0.1, 0.15) is 57.9 Å². The number of urea groups is 1. The van der Waals surface area contributed by atoms with E-state index in [2.05, 4.69) is 21.0 Å². The number of aromatic nitrogens is 2. The normalized spacial score (nSPS) is 15.7. The quantitative estimate of drug-likeness (QED) is 0.0982. The first-order chi connectivity index (χ1) is 27.8. The van der Waals surface area contributed by atoms with E-state index in [4.69, 9.17) is 9.72 Å². The van der Waals surface area contributed by atoms with Crippen LogP contribution in [-0.2, 0) is 33.8 Å². The van der Waals surface area contributed by atoms with Crippen LogP contribution in [0, 0.1) is 11.3 Å². The average molecular weight is 813 g/mol. The summed E-state index contributed by atoms with van der Waals surface area (Å²) in [6, 6.07) is 20.0. The van der Waals surface area contributed by atoms with Crippen LogP contribution in [-0.4, -0.2) is 105 Å². The lowest BCUT2D eigenvalue weighted by atomic mass is 9.86. The van der Waals surface area contributed by atoms with Gasteiger partial charge in [0, 0.05) is 49.5 Å². The maximum Gasteiger partial charge on any atom is 0.407 e. The van der Waals surface area contributed by atoms with Crippen LogP contribution in [0.2, 0.25) is 0 Å². The Morgan fingerprint density at radius 3 is 2.28 bits per heavy atom. The molecule has 3 heterocycles. The van der Waals surface area contributed by atoms with E-state index in [-0.39, 0.29) is 37.4 Å². The van der Waals surface area contributed by atoms with E-state index in [9.17, 15) is 24.3 Å². The fourth-order valence-corrected chi connectivity index (χ4v) is 7.73. The van der Waals surface area contributed by atoms with Crippen molar-refractivity contribution < 1.29 is 29.0 Å². The number of alkyl carbamates (subject to hydrolysis) is 1. The lowest BCUT2D eigenvalue weighted by molar-refractivity contribution is -0.132. The first-order valence-corrected chi connectivity index (χ1v) is 20.5. The number of hydrazine groups is 1. The summed E-state index contributed by atoms with van der Waals surface area (Å²) in [5.74, 6) is -1.06. The molecule has 5 amide bonds. The third-order valence-corrected chi connectivity index (χ3v) is 11.2. The van der Waals surface area contributed by atoms with Gasteiger partial charge in [0.15, 0.2) is 0 Å². The second-order valence-electron chi connectivity index (χ2n) is 15.8. The monoisotopic (exact) mass is 812 g/mol. The lowest BCUT2D eigenvalue weighted by Gasteiger charge is -2.36. The summed E-state index contributed by atoms with van der Waals surface area (Å²) in [5.41, 5.74) is 5.66. The van der Waals surface area contributed by atoms with Crippen LogP contribution < -0.4 is 16.1 Å². The molecule has 310 valence electrons. The smallest absolute Gasteiger partial charge is 0.407 e. The van der Waals surface area contributed by atoms with Gasteiger partial charge < -0.3 is 30.3 Å². The highest BCUT2D eigenvalue weighted by Gasteiger charge is 2.41. The maximum atomic E-state index is 14.5. The standard InChI is InChI=1S/C43H56N8O6S/c1-7-29(2)36(51-22-21-49(42(51)56)26-33-28-58-40(45-33)32-19-14-20-44-24-32)38(53)46-34(23-30-15-10-8-11-16-30)35(52)27-50(25-31-17-12-9-13-18-31)48-39(54)37(43(3,4)5)47-41(55)57-6/h8-20,24,28-29,34-37,52H,7,21-23,25-27H2,1-6H3,(H,46,53)(H,47,55)(H,48,54)/t29-,34-,35-,36-,37+/m0/s1. The summed E-state index contributed by atoms with van der Waals surface area (Å²) in [7, 11) is 1.23. The SMILES string of the molecule is CC[C@H](C)[C@@H](C(=O)N[C@@H](Cc1ccccc1)[C@@H](O)CN(Cc1ccccc1)NC(=O)[C@@H](NC(=O)OC)C(C)(C)C)N1CCN(Cc2csc(-c3cccnc3)n2)C1=O. The molecule has 0 radical (unpaired) electrons. The molecule has 1 aliphatic rings. The highest BCUT2D eigenvalue weighted by Crippen LogP contribution is 2.27. The zero-order valence-corrected chi connectivity index (χ0v) is 34.9. The molecule has 2 aromatic heterocycles. The van der Waals surface area contributed by atoms with Crippen LogP contribution in [0.4, 0.5) is 9.59 Å². The molecule has 0 spiro atoms. The van der Waals surface area contributed by atoms with E-state index in [0.717, 1.165) is 27.4 Å². The van der Waals surface area contributed by atoms with E-state index in [1.165, 1.54) is 18.4 Å². The zero-order valence-electron chi connectivity index (χ0n) is 34.1.